The first-order chi connectivity index (χ1) is 19.7. The lowest BCUT2D eigenvalue weighted by Gasteiger charge is -2.32. The van der Waals surface area contributed by atoms with E-state index in [1.165, 1.54) is 36.0 Å². The highest BCUT2D eigenvalue weighted by atomic mass is 35.5. The van der Waals surface area contributed by atoms with Crippen molar-refractivity contribution in [2.75, 3.05) is 4.90 Å². The Balaban J connectivity index is 1.39. The molecule has 0 aliphatic carbocycles. The molecule has 210 valence electrons. The van der Waals surface area contributed by atoms with E-state index in [0.29, 0.717) is 28.6 Å². The van der Waals surface area contributed by atoms with Crippen LogP contribution in [0.25, 0.3) is 5.70 Å². The van der Waals surface area contributed by atoms with Crippen LogP contribution in [0.5, 0.6) is 5.75 Å². The number of rotatable bonds is 9. The Bertz CT molecular complexity index is 1550. The Hall–Kier alpha value is -4.08. The molecule has 1 unspecified atom stereocenters. The summed E-state index contributed by atoms with van der Waals surface area (Å²) in [4.78, 5) is 13.3. The molecule has 4 aromatic rings. The van der Waals surface area contributed by atoms with Gasteiger partial charge in [-0.2, -0.15) is 13.2 Å². The van der Waals surface area contributed by atoms with Crippen LogP contribution < -0.4 is 15.0 Å². The highest BCUT2D eigenvalue weighted by Crippen LogP contribution is 2.38. The van der Waals surface area contributed by atoms with Crippen LogP contribution >= 0.6 is 23.4 Å². The van der Waals surface area contributed by atoms with Gasteiger partial charge < -0.3 is 20.1 Å². The molecule has 0 saturated heterocycles. The second-order valence-corrected chi connectivity index (χ2v) is 10.6. The topological polar surface area (TPSA) is 61.8 Å². The molecular formula is C31H24ClF3N2O3S. The minimum atomic E-state index is -4.43. The number of alkyl halides is 3. The van der Waals surface area contributed by atoms with Crippen molar-refractivity contribution in [3.63, 3.8) is 0 Å². The van der Waals surface area contributed by atoms with Crippen molar-refractivity contribution in [1.29, 1.82) is 0 Å². The highest BCUT2D eigenvalue weighted by molar-refractivity contribution is 8.03. The summed E-state index contributed by atoms with van der Waals surface area (Å²) in [6.45, 7) is 0.637. The van der Waals surface area contributed by atoms with E-state index in [-0.39, 0.29) is 17.6 Å². The molecule has 0 amide bonds. The SMILES string of the molecule is O=C(O)c1ccc(N(Cc2ccc(C(F)(F)F)cc2)C2NC(c3cc(Cl)ccc3OCc3ccccc3)=CS2)cc1. The van der Waals surface area contributed by atoms with Crippen LogP contribution in [0, 0.1) is 0 Å². The van der Waals surface area contributed by atoms with E-state index in [2.05, 4.69) is 5.32 Å². The molecular weight excluding hydrogens is 573 g/mol. The first-order valence-corrected chi connectivity index (χ1v) is 13.8. The molecule has 10 heteroatoms. The van der Waals surface area contributed by atoms with Crippen molar-refractivity contribution in [3.05, 3.63) is 135 Å². The average Bonchev–Trinajstić information content (AvgIpc) is 3.45. The molecule has 5 nitrogen and oxygen atoms in total. The fraction of sp³-hybridized carbons (Fsp3) is 0.129. The molecule has 4 aromatic carbocycles. The van der Waals surface area contributed by atoms with E-state index in [1.807, 2.05) is 52.8 Å². The van der Waals surface area contributed by atoms with Gasteiger partial charge in [0.25, 0.3) is 0 Å². The average molecular weight is 597 g/mol. The van der Waals surface area contributed by atoms with Gasteiger partial charge in [0.15, 0.2) is 5.50 Å². The Kier molecular flexibility index (Phi) is 8.46. The summed E-state index contributed by atoms with van der Waals surface area (Å²) in [7, 11) is 0. The van der Waals surface area contributed by atoms with E-state index >= 15 is 0 Å². The van der Waals surface area contributed by atoms with Gasteiger partial charge in [-0.1, -0.05) is 65.8 Å². The molecule has 0 saturated carbocycles. The van der Waals surface area contributed by atoms with Gasteiger partial charge in [-0.3, -0.25) is 0 Å². The van der Waals surface area contributed by atoms with Gasteiger partial charge in [0.1, 0.15) is 12.4 Å². The van der Waals surface area contributed by atoms with Crippen molar-refractivity contribution in [2.45, 2.75) is 24.8 Å². The lowest BCUT2D eigenvalue weighted by atomic mass is 10.1. The molecule has 0 fully saturated rings. The molecule has 5 rings (SSSR count). The Morgan fingerprint density at radius 3 is 2.32 bits per heavy atom. The van der Waals surface area contributed by atoms with Crippen LogP contribution in [0.4, 0.5) is 18.9 Å². The molecule has 2 N–H and O–H groups in total. The number of halogens is 4. The lowest BCUT2D eigenvalue weighted by Crippen LogP contribution is -2.40. The molecule has 0 aromatic heterocycles. The van der Waals surface area contributed by atoms with E-state index in [0.717, 1.165) is 29.0 Å². The number of nitrogens with zero attached hydrogens (tertiary/aromatic N) is 1. The number of aromatic carboxylic acids is 1. The number of carboxylic acid groups (broad SMARTS) is 1. The van der Waals surface area contributed by atoms with E-state index in [1.54, 1.807) is 18.2 Å². The third-order valence-electron chi connectivity index (χ3n) is 6.43. The van der Waals surface area contributed by atoms with E-state index in [9.17, 15) is 23.1 Å². The molecule has 41 heavy (non-hydrogen) atoms. The Morgan fingerprint density at radius 1 is 0.951 bits per heavy atom. The zero-order valence-electron chi connectivity index (χ0n) is 21.4. The van der Waals surface area contributed by atoms with E-state index in [4.69, 9.17) is 16.3 Å². The van der Waals surface area contributed by atoms with Crippen LogP contribution in [-0.4, -0.2) is 16.6 Å². The third-order valence-corrected chi connectivity index (χ3v) is 7.66. The van der Waals surface area contributed by atoms with Gasteiger partial charge in [-0.25, -0.2) is 4.79 Å². The number of hydrogen-bond acceptors (Lipinski definition) is 5. The fourth-order valence-electron chi connectivity index (χ4n) is 4.30. The zero-order valence-corrected chi connectivity index (χ0v) is 23.0. The van der Waals surface area contributed by atoms with Gasteiger partial charge >= 0.3 is 12.1 Å². The number of benzene rings is 4. The summed E-state index contributed by atoms with van der Waals surface area (Å²) in [5.74, 6) is -0.412. The quantitative estimate of drug-likeness (QED) is 0.203. The van der Waals surface area contributed by atoms with Crippen molar-refractivity contribution >= 4 is 40.7 Å². The predicted molar refractivity (Wildman–Crippen MR) is 156 cm³/mol. The van der Waals surface area contributed by atoms with Crippen LogP contribution in [0.1, 0.15) is 32.6 Å². The van der Waals surface area contributed by atoms with Crippen molar-refractivity contribution < 1.29 is 27.8 Å². The molecule has 1 heterocycles. The molecule has 1 aliphatic heterocycles. The maximum atomic E-state index is 13.1. The number of thioether (sulfide) groups is 1. The van der Waals surface area contributed by atoms with Crippen LogP contribution in [0.2, 0.25) is 5.02 Å². The first-order valence-electron chi connectivity index (χ1n) is 12.5. The summed E-state index contributed by atoms with van der Waals surface area (Å²) >= 11 is 7.82. The van der Waals surface area contributed by atoms with Gasteiger partial charge in [-0.05, 0) is 71.1 Å². The monoisotopic (exact) mass is 596 g/mol. The molecule has 1 atom stereocenters. The highest BCUT2D eigenvalue weighted by Gasteiger charge is 2.31. The number of carboxylic acids is 1. The van der Waals surface area contributed by atoms with Gasteiger partial charge in [0.05, 0.1) is 16.8 Å². The van der Waals surface area contributed by atoms with Crippen molar-refractivity contribution in [3.8, 4) is 5.75 Å². The zero-order chi connectivity index (χ0) is 29.0. The maximum absolute atomic E-state index is 13.1. The van der Waals surface area contributed by atoms with Crippen LogP contribution in [-0.2, 0) is 19.3 Å². The summed E-state index contributed by atoms with van der Waals surface area (Å²) in [6.07, 6.45) is -4.43. The van der Waals surface area contributed by atoms with Crippen LogP contribution in [0.3, 0.4) is 0 Å². The Labute approximate surface area is 244 Å². The van der Waals surface area contributed by atoms with Gasteiger partial charge in [0.2, 0.25) is 0 Å². The first kappa shape index (κ1) is 28.4. The number of anilines is 1. The second kappa shape index (κ2) is 12.2. The van der Waals surface area contributed by atoms with Gasteiger partial charge in [-0.15, -0.1) is 0 Å². The summed E-state index contributed by atoms with van der Waals surface area (Å²) in [5.41, 5.74) is 2.95. The minimum Gasteiger partial charge on any atom is -0.488 e. The predicted octanol–water partition coefficient (Wildman–Crippen LogP) is 8.26. The van der Waals surface area contributed by atoms with Gasteiger partial charge in [0, 0.05) is 22.8 Å². The van der Waals surface area contributed by atoms with Crippen molar-refractivity contribution in [1.82, 2.24) is 5.32 Å². The largest absolute Gasteiger partial charge is 0.488 e. The molecule has 0 radical (unpaired) electrons. The number of nitrogens with one attached hydrogen (secondary N) is 1. The number of carbonyl (C=O) groups is 1. The second-order valence-electron chi connectivity index (χ2n) is 9.25. The number of hydrogen-bond donors (Lipinski definition) is 2. The maximum Gasteiger partial charge on any atom is 0.416 e. The minimum absolute atomic E-state index is 0.133. The summed E-state index contributed by atoms with van der Waals surface area (Å²) in [6, 6.07) is 26.5. The third kappa shape index (κ3) is 6.99. The van der Waals surface area contributed by atoms with E-state index < -0.39 is 17.7 Å². The number of ether oxygens (including phenoxy) is 1. The lowest BCUT2D eigenvalue weighted by molar-refractivity contribution is -0.137. The standard InChI is InChI=1S/C31H24ClF3N2O3S/c32-24-12-15-28(40-18-21-4-2-1-3-5-21)26(16-24)27-19-41-30(36-27)37(25-13-8-22(9-14-25)29(38)39)17-20-6-10-23(11-7-20)31(33,34)35/h1-16,19,30,36H,17-18H2,(H,38,39). The van der Waals surface area contributed by atoms with Crippen LogP contribution in [0.15, 0.2) is 102 Å². The summed E-state index contributed by atoms with van der Waals surface area (Å²) < 4.78 is 45.5. The Morgan fingerprint density at radius 2 is 1.66 bits per heavy atom. The normalized spacial score (nSPS) is 14.7. The molecule has 1 aliphatic rings. The fourth-order valence-corrected chi connectivity index (χ4v) is 5.47. The molecule has 0 bridgehead atoms. The molecule has 0 spiro atoms. The summed E-state index contributed by atoms with van der Waals surface area (Å²) in [5, 5.41) is 15.3. The van der Waals surface area contributed by atoms with Crippen molar-refractivity contribution in [2.24, 2.45) is 0 Å². The smallest absolute Gasteiger partial charge is 0.416 e.